The molecule has 3 atom stereocenters. The SMILES string of the molecule is Cn1c2ccccc2n2c(=O)n(CC(=O)N[C@]3(C)[C@H]4CC[C@@H](C4)C3(C)C)nc12. The summed E-state index contributed by atoms with van der Waals surface area (Å²) >= 11 is 0. The van der Waals surface area contributed by atoms with Crippen LogP contribution in [0.15, 0.2) is 29.1 Å². The van der Waals surface area contributed by atoms with Crippen LogP contribution in [0.3, 0.4) is 0 Å². The van der Waals surface area contributed by atoms with Gasteiger partial charge in [0.1, 0.15) is 6.54 Å². The smallest absolute Gasteiger partial charge is 0.349 e. The largest absolute Gasteiger partial charge is 0.352 e. The van der Waals surface area contributed by atoms with Crippen molar-refractivity contribution in [3.63, 3.8) is 0 Å². The van der Waals surface area contributed by atoms with Gasteiger partial charge in [0, 0.05) is 12.6 Å². The number of hydrogen-bond acceptors (Lipinski definition) is 3. The van der Waals surface area contributed by atoms with Crippen molar-refractivity contribution in [3.05, 3.63) is 34.7 Å². The molecule has 2 heterocycles. The number of imidazole rings is 1. The molecule has 7 nitrogen and oxygen atoms in total. The number of para-hydroxylation sites is 2. The predicted molar refractivity (Wildman–Crippen MR) is 107 cm³/mol. The van der Waals surface area contributed by atoms with Gasteiger partial charge < -0.3 is 9.88 Å². The van der Waals surface area contributed by atoms with E-state index in [0.717, 1.165) is 11.0 Å². The highest BCUT2D eigenvalue weighted by Crippen LogP contribution is 2.61. The number of rotatable bonds is 3. The molecule has 0 unspecified atom stereocenters. The number of aryl methyl sites for hydroxylation is 1. The van der Waals surface area contributed by atoms with Crippen molar-refractivity contribution < 1.29 is 4.79 Å². The summed E-state index contributed by atoms with van der Waals surface area (Å²) in [6.07, 6.45) is 3.61. The number of hydrogen-bond donors (Lipinski definition) is 1. The van der Waals surface area contributed by atoms with Gasteiger partial charge in [0.25, 0.3) is 0 Å². The molecule has 7 heteroatoms. The second-order valence-corrected chi connectivity index (χ2v) is 9.30. The van der Waals surface area contributed by atoms with Gasteiger partial charge in [0.2, 0.25) is 11.7 Å². The molecule has 0 radical (unpaired) electrons. The molecule has 0 spiro atoms. The maximum Gasteiger partial charge on any atom is 0.352 e. The molecule has 0 saturated heterocycles. The van der Waals surface area contributed by atoms with E-state index in [4.69, 9.17) is 0 Å². The van der Waals surface area contributed by atoms with E-state index in [1.165, 1.54) is 23.9 Å². The Hall–Kier alpha value is -2.57. The lowest BCUT2D eigenvalue weighted by molar-refractivity contribution is -0.126. The monoisotopic (exact) mass is 381 g/mol. The fourth-order valence-electron chi connectivity index (χ4n) is 5.81. The average Bonchev–Trinajstić information content (AvgIpc) is 3.36. The molecule has 1 N–H and O–H groups in total. The molecule has 3 aromatic rings. The molecule has 2 aliphatic carbocycles. The zero-order valence-corrected chi connectivity index (χ0v) is 16.9. The first kappa shape index (κ1) is 17.5. The summed E-state index contributed by atoms with van der Waals surface area (Å²) in [7, 11) is 1.88. The highest BCUT2D eigenvalue weighted by atomic mass is 16.2. The molecule has 2 bridgehead atoms. The van der Waals surface area contributed by atoms with E-state index in [9.17, 15) is 9.59 Å². The lowest BCUT2D eigenvalue weighted by Crippen LogP contribution is -2.60. The van der Waals surface area contributed by atoms with Crippen molar-refractivity contribution in [1.82, 2.24) is 24.1 Å². The summed E-state index contributed by atoms with van der Waals surface area (Å²) in [5.41, 5.74) is 1.29. The zero-order chi connectivity index (χ0) is 19.8. The van der Waals surface area contributed by atoms with Crippen LogP contribution in [0.2, 0.25) is 0 Å². The van der Waals surface area contributed by atoms with E-state index >= 15 is 0 Å². The maximum absolute atomic E-state index is 12.9. The number of benzene rings is 1. The third-order valence-electron chi connectivity index (χ3n) is 7.91. The first-order valence-corrected chi connectivity index (χ1v) is 10.1. The van der Waals surface area contributed by atoms with E-state index in [1.807, 2.05) is 35.9 Å². The van der Waals surface area contributed by atoms with Gasteiger partial charge in [0.05, 0.1) is 11.0 Å². The van der Waals surface area contributed by atoms with E-state index in [2.05, 4.69) is 31.2 Å². The Bertz CT molecular complexity index is 1170. The number of nitrogens with one attached hydrogen (secondary N) is 1. The van der Waals surface area contributed by atoms with Gasteiger partial charge in [-0.2, -0.15) is 0 Å². The highest BCUT2D eigenvalue weighted by Gasteiger charge is 2.60. The van der Waals surface area contributed by atoms with E-state index in [1.54, 1.807) is 4.40 Å². The minimum absolute atomic E-state index is 0.0576. The minimum Gasteiger partial charge on any atom is -0.349 e. The van der Waals surface area contributed by atoms with Crippen molar-refractivity contribution in [2.24, 2.45) is 24.3 Å². The van der Waals surface area contributed by atoms with Crippen molar-refractivity contribution >= 4 is 22.7 Å². The Morgan fingerprint density at radius 1 is 1.18 bits per heavy atom. The molecule has 5 rings (SSSR count). The Morgan fingerprint density at radius 3 is 2.54 bits per heavy atom. The molecule has 2 saturated carbocycles. The number of aromatic nitrogens is 4. The lowest BCUT2D eigenvalue weighted by Gasteiger charge is -2.48. The Morgan fingerprint density at radius 2 is 1.86 bits per heavy atom. The van der Waals surface area contributed by atoms with Crippen LogP contribution in [0.1, 0.15) is 40.0 Å². The molecule has 0 aliphatic heterocycles. The molecule has 1 amide bonds. The topological polar surface area (TPSA) is 73.3 Å². The van der Waals surface area contributed by atoms with Gasteiger partial charge in [-0.25, -0.2) is 13.9 Å². The number of carbonyl (C=O) groups is 1. The van der Waals surface area contributed by atoms with Crippen LogP contribution in [0, 0.1) is 17.3 Å². The quantitative estimate of drug-likeness (QED) is 0.757. The Balaban J connectivity index is 1.46. The minimum atomic E-state index is -0.278. The summed E-state index contributed by atoms with van der Waals surface area (Å²) in [5.74, 6) is 1.58. The highest BCUT2D eigenvalue weighted by molar-refractivity contribution is 5.80. The standard InChI is InChI=1S/C21H27N5O2/c1-20(2)13-9-10-14(11-13)21(20,3)22-17(27)12-25-19(28)26-16-8-6-5-7-15(16)24(4)18(26)23-25/h5-8,13-14H,9-12H2,1-4H3,(H,22,27)/t13-,14-,21+/m0/s1. The normalized spacial score (nSPS) is 28.4. The van der Waals surface area contributed by atoms with E-state index < -0.39 is 0 Å². The third-order valence-corrected chi connectivity index (χ3v) is 7.91. The molecular weight excluding hydrogens is 354 g/mol. The number of amides is 1. The predicted octanol–water partition coefficient (Wildman–Crippen LogP) is 2.32. The first-order chi connectivity index (χ1) is 13.2. The van der Waals surface area contributed by atoms with Gasteiger partial charge >= 0.3 is 5.69 Å². The van der Waals surface area contributed by atoms with Gasteiger partial charge in [-0.3, -0.25) is 4.79 Å². The molecule has 148 valence electrons. The number of fused-ring (bicyclic) bond motifs is 5. The average molecular weight is 381 g/mol. The van der Waals surface area contributed by atoms with Crippen LogP contribution in [-0.2, 0) is 18.4 Å². The third kappa shape index (κ3) is 2.07. The van der Waals surface area contributed by atoms with Crippen LogP contribution < -0.4 is 11.0 Å². The van der Waals surface area contributed by atoms with Gasteiger partial charge in [-0.15, -0.1) is 5.10 Å². The second-order valence-electron chi connectivity index (χ2n) is 9.30. The van der Waals surface area contributed by atoms with Crippen molar-refractivity contribution in [1.29, 1.82) is 0 Å². The fourth-order valence-corrected chi connectivity index (χ4v) is 5.81. The van der Waals surface area contributed by atoms with E-state index in [-0.39, 0.29) is 29.1 Å². The van der Waals surface area contributed by atoms with Gasteiger partial charge in [0.15, 0.2) is 0 Å². The van der Waals surface area contributed by atoms with Crippen LogP contribution in [0.5, 0.6) is 0 Å². The lowest BCUT2D eigenvalue weighted by atomic mass is 9.64. The van der Waals surface area contributed by atoms with Crippen LogP contribution in [0.4, 0.5) is 0 Å². The summed E-state index contributed by atoms with van der Waals surface area (Å²) in [5, 5.41) is 7.73. The molecule has 2 fully saturated rings. The maximum atomic E-state index is 12.9. The van der Waals surface area contributed by atoms with Crippen molar-refractivity contribution in [2.45, 2.75) is 52.1 Å². The first-order valence-electron chi connectivity index (χ1n) is 10.1. The van der Waals surface area contributed by atoms with Crippen molar-refractivity contribution in [2.75, 3.05) is 0 Å². The van der Waals surface area contributed by atoms with Gasteiger partial charge in [-0.05, 0) is 55.6 Å². The second kappa shape index (κ2) is 5.49. The summed E-state index contributed by atoms with van der Waals surface area (Å²) in [6, 6.07) is 7.69. The number of carbonyl (C=O) groups excluding carboxylic acids is 1. The fraction of sp³-hybridized carbons (Fsp3) is 0.571. The van der Waals surface area contributed by atoms with Crippen LogP contribution >= 0.6 is 0 Å². The van der Waals surface area contributed by atoms with Crippen molar-refractivity contribution in [3.8, 4) is 0 Å². The Kier molecular flexibility index (Phi) is 3.44. The van der Waals surface area contributed by atoms with Crippen LogP contribution in [-0.4, -0.2) is 30.2 Å². The summed E-state index contributed by atoms with van der Waals surface area (Å²) in [6.45, 7) is 6.65. The number of nitrogens with zero attached hydrogens (tertiary/aromatic N) is 4. The van der Waals surface area contributed by atoms with Gasteiger partial charge in [-0.1, -0.05) is 26.0 Å². The molecule has 1 aromatic carbocycles. The summed E-state index contributed by atoms with van der Waals surface area (Å²) in [4.78, 5) is 25.8. The van der Waals surface area contributed by atoms with Crippen LogP contribution in [0.25, 0.3) is 16.8 Å². The molecule has 28 heavy (non-hydrogen) atoms. The molecular formula is C21H27N5O2. The molecule has 2 aromatic heterocycles. The van der Waals surface area contributed by atoms with E-state index in [0.29, 0.717) is 17.6 Å². The Labute approximate surface area is 163 Å². The zero-order valence-electron chi connectivity index (χ0n) is 16.9. The molecule has 2 aliphatic rings. The summed E-state index contributed by atoms with van der Waals surface area (Å²) < 4.78 is 4.73.